The summed E-state index contributed by atoms with van der Waals surface area (Å²) in [5, 5.41) is 13.6. The molecule has 1 aromatic heterocycles. The average Bonchev–Trinajstić information content (AvgIpc) is 3.01. The zero-order chi connectivity index (χ0) is 17.8. The van der Waals surface area contributed by atoms with Crippen molar-refractivity contribution in [1.29, 1.82) is 0 Å². The Morgan fingerprint density at radius 1 is 1.24 bits per heavy atom. The number of fused-ring (bicyclic) bond motifs is 1. The van der Waals surface area contributed by atoms with Crippen molar-refractivity contribution in [1.82, 2.24) is 10.4 Å². The number of hydrogen-bond donors (Lipinski definition) is 2. The molecular weight excluding hydrogens is 354 g/mol. The number of amides is 1. The number of thiazole rings is 1. The van der Waals surface area contributed by atoms with E-state index in [1.165, 1.54) is 11.8 Å². The van der Waals surface area contributed by atoms with Gasteiger partial charge in [0.25, 0.3) is 5.91 Å². The minimum atomic E-state index is -0.332. The largest absolute Gasteiger partial charge is 0.507 e. The molecule has 1 heterocycles. The lowest BCUT2D eigenvalue weighted by Crippen LogP contribution is -2.27. The smallest absolute Gasteiger partial charge is 0.253 e. The summed E-state index contributed by atoms with van der Waals surface area (Å²) in [6, 6.07) is 14.8. The number of aromatic nitrogens is 1. The number of thioether (sulfide) groups is 1. The van der Waals surface area contributed by atoms with Gasteiger partial charge in [0.05, 0.1) is 21.2 Å². The van der Waals surface area contributed by atoms with Crippen LogP contribution < -0.4 is 5.43 Å². The second-order valence-corrected chi connectivity index (χ2v) is 8.02. The van der Waals surface area contributed by atoms with Crippen LogP contribution in [0.5, 0.6) is 5.75 Å². The number of nitrogens with zero attached hydrogens (tertiary/aromatic N) is 2. The van der Waals surface area contributed by atoms with Crippen molar-refractivity contribution in [3.05, 3.63) is 54.1 Å². The molecule has 0 aliphatic rings. The molecule has 25 heavy (non-hydrogen) atoms. The summed E-state index contributed by atoms with van der Waals surface area (Å²) < 4.78 is 1.95. The van der Waals surface area contributed by atoms with Crippen LogP contribution in [0.25, 0.3) is 10.2 Å². The van der Waals surface area contributed by atoms with Crippen LogP contribution in [0.15, 0.2) is 58.0 Å². The number of hydrazone groups is 1. The van der Waals surface area contributed by atoms with Gasteiger partial charge in [0.15, 0.2) is 4.34 Å². The van der Waals surface area contributed by atoms with Gasteiger partial charge >= 0.3 is 0 Å². The Morgan fingerprint density at radius 3 is 2.72 bits per heavy atom. The van der Waals surface area contributed by atoms with Gasteiger partial charge in [-0.15, -0.1) is 11.3 Å². The molecule has 0 unspecified atom stereocenters. The monoisotopic (exact) mass is 371 g/mol. The van der Waals surface area contributed by atoms with Gasteiger partial charge in [-0.05, 0) is 38.1 Å². The van der Waals surface area contributed by atoms with E-state index in [1.54, 1.807) is 36.5 Å². The average molecular weight is 371 g/mol. The molecule has 3 aromatic rings. The maximum atomic E-state index is 12.3. The van der Waals surface area contributed by atoms with Crippen LogP contribution in [0.1, 0.15) is 19.4 Å². The Morgan fingerprint density at radius 2 is 1.96 bits per heavy atom. The van der Waals surface area contributed by atoms with Crippen molar-refractivity contribution >= 4 is 44.9 Å². The van der Waals surface area contributed by atoms with E-state index in [0.29, 0.717) is 11.3 Å². The SMILES string of the molecule is C/C(=N/NC(=O)[C@H](C)Sc1nc2ccccc2s1)c1ccccc1O. The highest BCUT2D eigenvalue weighted by Gasteiger charge is 2.16. The summed E-state index contributed by atoms with van der Waals surface area (Å²) in [5.41, 5.74) is 4.63. The molecule has 0 saturated heterocycles. The van der Waals surface area contributed by atoms with Crippen LogP contribution in [0, 0.1) is 0 Å². The first kappa shape index (κ1) is 17.4. The van der Waals surface area contributed by atoms with Crippen molar-refractivity contribution in [3.63, 3.8) is 0 Å². The zero-order valence-corrected chi connectivity index (χ0v) is 15.4. The Labute approximate surface area is 153 Å². The number of carbonyl (C=O) groups is 1. The van der Waals surface area contributed by atoms with Gasteiger partial charge in [0.1, 0.15) is 5.75 Å². The second kappa shape index (κ2) is 7.67. The predicted octanol–water partition coefficient (Wildman–Crippen LogP) is 4.02. The molecule has 2 N–H and O–H groups in total. The van der Waals surface area contributed by atoms with Crippen molar-refractivity contribution in [3.8, 4) is 5.75 Å². The maximum absolute atomic E-state index is 12.3. The number of rotatable bonds is 5. The van der Waals surface area contributed by atoms with Crippen molar-refractivity contribution < 1.29 is 9.90 Å². The first-order chi connectivity index (χ1) is 12.0. The summed E-state index contributed by atoms with van der Waals surface area (Å²) in [6.45, 7) is 3.55. The Kier molecular flexibility index (Phi) is 5.35. The summed E-state index contributed by atoms with van der Waals surface area (Å²) in [4.78, 5) is 16.8. The molecule has 5 nitrogen and oxygen atoms in total. The van der Waals surface area contributed by atoms with Crippen LogP contribution in [0.2, 0.25) is 0 Å². The predicted molar refractivity (Wildman–Crippen MR) is 103 cm³/mol. The van der Waals surface area contributed by atoms with Gasteiger partial charge in [-0.3, -0.25) is 4.79 Å². The number of nitrogens with one attached hydrogen (secondary N) is 1. The van der Waals surface area contributed by atoms with Gasteiger partial charge in [-0.25, -0.2) is 10.4 Å². The van der Waals surface area contributed by atoms with Crippen LogP contribution in [-0.4, -0.2) is 27.0 Å². The van der Waals surface area contributed by atoms with E-state index in [-0.39, 0.29) is 16.9 Å². The van der Waals surface area contributed by atoms with Crippen LogP contribution in [0.4, 0.5) is 0 Å². The number of carbonyl (C=O) groups excluding carboxylic acids is 1. The molecule has 0 aliphatic carbocycles. The second-order valence-electron chi connectivity index (χ2n) is 5.40. The molecule has 0 aliphatic heterocycles. The van der Waals surface area contributed by atoms with Crippen LogP contribution in [0.3, 0.4) is 0 Å². The van der Waals surface area contributed by atoms with E-state index in [9.17, 15) is 9.90 Å². The summed E-state index contributed by atoms with van der Waals surface area (Å²) in [7, 11) is 0. The lowest BCUT2D eigenvalue weighted by atomic mass is 10.1. The van der Waals surface area contributed by atoms with Gasteiger partial charge in [-0.1, -0.05) is 36.0 Å². The van der Waals surface area contributed by atoms with E-state index in [0.717, 1.165) is 14.6 Å². The van der Waals surface area contributed by atoms with E-state index < -0.39 is 0 Å². The Balaban J connectivity index is 1.64. The lowest BCUT2D eigenvalue weighted by molar-refractivity contribution is -0.120. The molecule has 1 amide bonds. The van der Waals surface area contributed by atoms with Crippen LogP contribution in [-0.2, 0) is 4.79 Å². The number of hydrogen-bond acceptors (Lipinski definition) is 6. The molecule has 0 bridgehead atoms. The molecule has 128 valence electrons. The van der Waals surface area contributed by atoms with E-state index in [2.05, 4.69) is 15.5 Å². The third-order valence-corrected chi connectivity index (χ3v) is 5.78. The topological polar surface area (TPSA) is 74.6 Å². The molecule has 1 atom stereocenters. The third kappa shape index (κ3) is 4.18. The first-order valence-corrected chi connectivity index (χ1v) is 9.39. The molecule has 0 fully saturated rings. The molecule has 0 saturated carbocycles. The van der Waals surface area contributed by atoms with Crippen molar-refractivity contribution in [2.24, 2.45) is 5.10 Å². The van der Waals surface area contributed by atoms with E-state index in [1.807, 2.05) is 37.3 Å². The quantitative estimate of drug-likeness (QED) is 0.403. The fourth-order valence-corrected chi connectivity index (χ4v) is 4.38. The number of benzene rings is 2. The van der Waals surface area contributed by atoms with Crippen LogP contribution >= 0.6 is 23.1 Å². The minimum Gasteiger partial charge on any atom is -0.507 e. The third-order valence-electron chi connectivity index (χ3n) is 3.55. The first-order valence-electron chi connectivity index (χ1n) is 7.69. The highest BCUT2D eigenvalue weighted by Crippen LogP contribution is 2.31. The Bertz CT molecular complexity index is 904. The standard InChI is InChI=1S/C18H17N3O2S2/c1-11(13-7-3-5-9-15(13)22)20-21-17(23)12(2)24-18-19-14-8-4-6-10-16(14)25-18/h3-10,12,22H,1-2H3,(H,21,23)/b20-11-/t12-/m0/s1. The Hall–Kier alpha value is -2.38. The van der Waals surface area contributed by atoms with Crippen molar-refractivity contribution in [2.45, 2.75) is 23.4 Å². The van der Waals surface area contributed by atoms with Gasteiger partial charge in [0.2, 0.25) is 0 Å². The molecule has 0 spiro atoms. The van der Waals surface area contributed by atoms with Gasteiger partial charge < -0.3 is 5.11 Å². The normalized spacial score (nSPS) is 13.0. The minimum absolute atomic E-state index is 0.134. The summed E-state index contributed by atoms with van der Waals surface area (Å²) >= 11 is 2.97. The maximum Gasteiger partial charge on any atom is 0.253 e. The summed E-state index contributed by atoms with van der Waals surface area (Å²) in [5.74, 6) is -0.0751. The number of phenolic OH excluding ortho intramolecular Hbond substituents is 1. The molecule has 2 aromatic carbocycles. The fourth-order valence-electron chi connectivity index (χ4n) is 2.18. The number of phenols is 1. The van der Waals surface area contributed by atoms with E-state index in [4.69, 9.17) is 0 Å². The van der Waals surface area contributed by atoms with Crippen molar-refractivity contribution in [2.75, 3.05) is 0 Å². The summed E-state index contributed by atoms with van der Waals surface area (Å²) in [6.07, 6.45) is 0. The number of para-hydroxylation sites is 2. The van der Waals surface area contributed by atoms with Gasteiger partial charge in [-0.2, -0.15) is 5.10 Å². The molecular formula is C18H17N3O2S2. The number of aromatic hydroxyl groups is 1. The molecule has 7 heteroatoms. The highest BCUT2D eigenvalue weighted by atomic mass is 32.2. The fraction of sp³-hybridized carbons (Fsp3) is 0.167. The molecule has 0 radical (unpaired) electrons. The van der Waals surface area contributed by atoms with Gasteiger partial charge in [0, 0.05) is 5.56 Å². The van der Waals surface area contributed by atoms with E-state index >= 15 is 0 Å². The zero-order valence-electron chi connectivity index (χ0n) is 13.8. The highest BCUT2D eigenvalue weighted by molar-refractivity contribution is 8.02. The molecule has 3 rings (SSSR count). The lowest BCUT2D eigenvalue weighted by Gasteiger charge is -2.08.